The molecular weight excluding hydrogens is 256 g/mol. The van der Waals surface area contributed by atoms with Crippen molar-refractivity contribution in [1.82, 2.24) is 5.32 Å². The summed E-state index contributed by atoms with van der Waals surface area (Å²) in [5.41, 5.74) is 1.34. The smallest absolute Gasteiger partial charge is 0.129 e. The molecule has 0 amide bonds. The number of unbranched alkanes of at least 4 members (excludes halogenated alkanes) is 3. The van der Waals surface area contributed by atoms with Crippen molar-refractivity contribution in [3.8, 4) is 0 Å². The average Bonchev–Trinajstić information content (AvgIpc) is 2.32. The molecule has 0 aromatic heterocycles. The van der Waals surface area contributed by atoms with Gasteiger partial charge in [-0.2, -0.15) is 0 Å². The molecule has 1 aromatic carbocycles. The Labute approximate surface area is 121 Å². The van der Waals surface area contributed by atoms with Crippen LogP contribution in [0.15, 0.2) is 12.1 Å². The van der Waals surface area contributed by atoms with E-state index in [9.17, 15) is 8.78 Å². The summed E-state index contributed by atoms with van der Waals surface area (Å²) in [5, 5.41) is 3.45. The van der Waals surface area contributed by atoms with Crippen molar-refractivity contribution in [3.05, 3.63) is 34.9 Å². The lowest BCUT2D eigenvalue weighted by molar-refractivity contribution is 0.416. The van der Waals surface area contributed by atoms with Gasteiger partial charge >= 0.3 is 0 Å². The molecule has 0 fully saturated rings. The summed E-state index contributed by atoms with van der Waals surface area (Å²) in [6, 6.07) is 2.63. The van der Waals surface area contributed by atoms with Gasteiger partial charge in [-0.25, -0.2) is 8.78 Å². The Balaban J connectivity index is 2.20. The standard InChI is InChI=1S/C17H27F2N/c1-13-11-14(16(19)12-15(13)18)9-7-5-6-8-10-20-17(2,3)4/h11-12,20H,5-10H2,1-4H3. The zero-order valence-electron chi connectivity index (χ0n) is 13.2. The topological polar surface area (TPSA) is 12.0 Å². The SMILES string of the molecule is Cc1cc(CCCCCCNC(C)(C)C)c(F)cc1F. The number of benzene rings is 1. The maximum atomic E-state index is 13.5. The molecule has 0 radical (unpaired) electrons. The van der Waals surface area contributed by atoms with E-state index in [4.69, 9.17) is 0 Å². The summed E-state index contributed by atoms with van der Waals surface area (Å²) in [6.07, 6.45) is 5.02. The molecule has 0 saturated carbocycles. The Bertz CT molecular complexity index is 422. The maximum Gasteiger partial charge on any atom is 0.129 e. The van der Waals surface area contributed by atoms with E-state index in [1.807, 2.05) is 0 Å². The molecular formula is C17H27F2N. The molecule has 0 bridgehead atoms. The summed E-state index contributed by atoms with van der Waals surface area (Å²) >= 11 is 0. The molecule has 0 saturated heterocycles. The predicted octanol–water partition coefficient (Wildman–Crippen LogP) is 4.76. The lowest BCUT2D eigenvalue weighted by Gasteiger charge is -2.20. The van der Waals surface area contributed by atoms with Crippen molar-refractivity contribution in [2.24, 2.45) is 0 Å². The molecule has 1 rings (SSSR count). The van der Waals surface area contributed by atoms with Gasteiger partial charge in [-0.3, -0.25) is 0 Å². The molecule has 3 heteroatoms. The van der Waals surface area contributed by atoms with Crippen molar-refractivity contribution in [2.45, 2.75) is 65.3 Å². The highest BCUT2D eigenvalue weighted by atomic mass is 19.1. The minimum Gasteiger partial charge on any atom is -0.312 e. The van der Waals surface area contributed by atoms with Gasteiger partial charge < -0.3 is 5.32 Å². The van der Waals surface area contributed by atoms with Gasteiger partial charge in [0.2, 0.25) is 0 Å². The second-order valence-corrected chi connectivity index (χ2v) is 6.53. The van der Waals surface area contributed by atoms with Crippen LogP contribution in [0.3, 0.4) is 0 Å². The van der Waals surface area contributed by atoms with Crippen LogP contribution in [0.1, 0.15) is 57.6 Å². The fraction of sp³-hybridized carbons (Fsp3) is 0.647. The van der Waals surface area contributed by atoms with Gasteiger partial charge in [-0.1, -0.05) is 18.9 Å². The molecule has 1 aromatic rings. The molecule has 0 atom stereocenters. The molecule has 0 unspecified atom stereocenters. The molecule has 20 heavy (non-hydrogen) atoms. The van der Waals surface area contributed by atoms with E-state index in [1.165, 1.54) is 0 Å². The fourth-order valence-corrected chi connectivity index (χ4v) is 2.17. The van der Waals surface area contributed by atoms with Crippen LogP contribution in [0.25, 0.3) is 0 Å². The normalized spacial score (nSPS) is 11.9. The van der Waals surface area contributed by atoms with Crippen molar-refractivity contribution in [3.63, 3.8) is 0 Å². The third-order valence-corrected chi connectivity index (χ3v) is 3.36. The first-order valence-corrected chi connectivity index (χ1v) is 7.49. The largest absolute Gasteiger partial charge is 0.312 e. The van der Waals surface area contributed by atoms with E-state index >= 15 is 0 Å². The summed E-state index contributed by atoms with van der Waals surface area (Å²) < 4.78 is 26.7. The zero-order valence-corrected chi connectivity index (χ0v) is 13.2. The van der Waals surface area contributed by atoms with Crippen LogP contribution < -0.4 is 5.32 Å². The monoisotopic (exact) mass is 283 g/mol. The maximum absolute atomic E-state index is 13.5. The van der Waals surface area contributed by atoms with Crippen LogP contribution in [0.5, 0.6) is 0 Å². The van der Waals surface area contributed by atoms with Gasteiger partial charge in [-0.15, -0.1) is 0 Å². The first-order valence-electron chi connectivity index (χ1n) is 7.49. The van der Waals surface area contributed by atoms with Crippen molar-refractivity contribution < 1.29 is 8.78 Å². The number of hydrogen-bond donors (Lipinski definition) is 1. The highest BCUT2D eigenvalue weighted by Crippen LogP contribution is 2.17. The number of nitrogens with one attached hydrogen (secondary N) is 1. The second kappa shape index (κ2) is 7.72. The van der Waals surface area contributed by atoms with Gasteiger partial charge in [0.1, 0.15) is 11.6 Å². The minimum atomic E-state index is -0.459. The Hall–Kier alpha value is -0.960. The van der Waals surface area contributed by atoms with Gasteiger partial charge in [0, 0.05) is 11.6 Å². The predicted molar refractivity (Wildman–Crippen MR) is 81.0 cm³/mol. The quantitative estimate of drug-likeness (QED) is 0.711. The van der Waals surface area contributed by atoms with Crippen molar-refractivity contribution in [1.29, 1.82) is 0 Å². The van der Waals surface area contributed by atoms with Crippen molar-refractivity contribution >= 4 is 0 Å². The fourth-order valence-electron chi connectivity index (χ4n) is 2.17. The van der Waals surface area contributed by atoms with Crippen LogP contribution in [0.2, 0.25) is 0 Å². The molecule has 0 aliphatic heterocycles. The molecule has 0 spiro atoms. The van der Waals surface area contributed by atoms with Crippen LogP contribution in [-0.2, 0) is 6.42 Å². The third-order valence-electron chi connectivity index (χ3n) is 3.36. The van der Waals surface area contributed by atoms with E-state index < -0.39 is 11.6 Å². The van der Waals surface area contributed by atoms with Crippen LogP contribution in [-0.4, -0.2) is 12.1 Å². The van der Waals surface area contributed by atoms with Gasteiger partial charge in [0.15, 0.2) is 0 Å². The van der Waals surface area contributed by atoms with Crippen molar-refractivity contribution in [2.75, 3.05) is 6.54 Å². The lowest BCUT2D eigenvalue weighted by atomic mass is 10.0. The average molecular weight is 283 g/mol. The molecule has 0 aliphatic carbocycles. The Morgan fingerprint density at radius 2 is 1.60 bits per heavy atom. The summed E-state index contributed by atoms with van der Waals surface area (Å²) in [4.78, 5) is 0. The van der Waals surface area contributed by atoms with E-state index in [1.54, 1.807) is 13.0 Å². The highest BCUT2D eigenvalue weighted by Gasteiger charge is 2.08. The summed E-state index contributed by atoms with van der Waals surface area (Å²) in [7, 11) is 0. The lowest BCUT2D eigenvalue weighted by Crippen LogP contribution is -2.36. The van der Waals surface area contributed by atoms with Crippen LogP contribution in [0, 0.1) is 18.6 Å². The van der Waals surface area contributed by atoms with Gasteiger partial charge in [0.05, 0.1) is 0 Å². The molecule has 0 aliphatic rings. The van der Waals surface area contributed by atoms with E-state index in [2.05, 4.69) is 26.1 Å². The van der Waals surface area contributed by atoms with Crippen LogP contribution >= 0.6 is 0 Å². The van der Waals surface area contributed by atoms with E-state index in [0.29, 0.717) is 17.5 Å². The third kappa shape index (κ3) is 6.47. The van der Waals surface area contributed by atoms with Crippen LogP contribution in [0.4, 0.5) is 8.78 Å². The zero-order chi connectivity index (χ0) is 15.2. The summed E-state index contributed by atoms with van der Waals surface area (Å²) in [6.45, 7) is 9.18. The van der Waals surface area contributed by atoms with Gasteiger partial charge in [0.25, 0.3) is 0 Å². The van der Waals surface area contributed by atoms with E-state index in [-0.39, 0.29) is 5.54 Å². The number of aryl methyl sites for hydroxylation is 2. The summed E-state index contributed by atoms with van der Waals surface area (Å²) in [5.74, 6) is -0.873. The van der Waals surface area contributed by atoms with Gasteiger partial charge in [-0.05, 0) is 64.6 Å². The Morgan fingerprint density at radius 1 is 0.950 bits per heavy atom. The number of rotatable bonds is 7. The van der Waals surface area contributed by atoms with E-state index in [0.717, 1.165) is 38.3 Å². The molecule has 1 N–H and O–H groups in total. The Kier molecular flexibility index (Phi) is 6.60. The number of hydrogen-bond acceptors (Lipinski definition) is 1. The first kappa shape index (κ1) is 17.1. The molecule has 1 nitrogen and oxygen atoms in total. The second-order valence-electron chi connectivity index (χ2n) is 6.53. The molecule has 0 heterocycles. The Morgan fingerprint density at radius 3 is 2.25 bits per heavy atom. The first-order chi connectivity index (χ1) is 9.29. The minimum absolute atomic E-state index is 0.175. The molecule has 114 valence electrons. The number of halogens is 2. The highest BCUT2D eigenvalue weighted by molar-refractivity contribution is 5.25.